The number of nitrogens with zero attached hydrogens (tertiary/aromatic N) is 2. The number of amides is 3. The van der Waals surface area contributed by atoms with Crippen LogP contribution < -0.4 is 5.32 Å². The standard InChI is InChI=1S/C16H23N3O2S/c1-12-6-11-22-14(12)15(20)17-13-4-9-19(10-5-13)16(21)18-7-2-3-8-18/h6,11,13H,2-5,7-10H2,1H3,(H,17,20). The summed E-state index contributed by atoms with van der Waals surface area (Å²) in [5.74, 6) is 0.0248. The average molecular weight is 321 g/mol. The summed E-state index contributed by atoms with van der Waals surface area (Å²) in [5, 5.41) is 5.06. The smallest absolute Gasteiger partial charge is 0.319 e. The van der Waals surface area contributed by atoms with Gasteiger partial charge in [0, 0.05) is 32.2 Å². The van der Waals surface area contributed by atoms with Crippen LogP contribution in [0.15, 0.2) is 11.4 Å². The Balaban J connectivity index is 1.48. The monoisotopic (exact) mass is 321 g/mol. The van der Waals surface area contributed by atoms with E-state index < -0.39 is 0 Å². The van der Waals surface area contributed by atoms with Crippen molar-refractivity contribution in [3.8, 4) is 0 Å². The van der Waals surface area contributed by atoms with E-state index in [-0.39, 0.29) is 18.0 Å². The van der Waals surface area contributed by atoms with Crippen LogP contribution in [0.25, 0.3) is 0 Å². The lowest BCUT2D eigenvalue weighted by atomic mass is 10.1. The maximum Gasteiger partial charge on any atom is 0.319 e. The molecule has 0 aromatic carbocycles. The van der Waals surface area contributed by atoms with E-state index in [1.165, 1.54) is 11.3 Å². The molecule has 0 bridgehead atoms. The number of urea groups is 1. The Bertz CT molecular complexity index is 543. The molecule has 120 valence electrons. The summed E-state index contributed by atoms with van der Waals surface area (Å²) in [6.07, 6.45) is 3.93. The van der Waals surface area contributed by atoms with E-state index in [1.807, 2.05) is 28.2 Å². The Morgan fingerprint density at radius 3 is 2.36 bits per heavy atom. The third-order valence-electron chi connectivity index (χ3n) is 4.55. The molecule has 1 N–H and O–H groups in total. The van der Waals surface area contributed by atoms with Crippen LogP contribution >= 0.6 is 11.3 Å². The minimum atomic E-state index is 0.0248. The predicted octanol–water partition coefficient (Wildman–Crippen LogP) is 2.47. The zero-order valence-electron chi connectivity index (χ0n) is 13.0. The lowest BCUT2D eigenvalue weighted by Crippen LogP contribution is -2.50. The molecule has 2 saturated heterocycles. The number of aryl methyl sites for hydroxylation is 1. The highest BCUT2D eigenvalue weighted by Crippen LogP contribution is 2.18. The number of carbonyl (C=O) groups is 2. The summed E-state index contributed by atoms with van der Waals surface area (Å²) < 4.78 is 0. The van der Waals surface area contributed by atoms with Crippen molar-refractivity contribution in [2.24, 2.45) is 0 Å². The first-order valence-corrected chi connectivity index (χ1v) is 8.92. The summed E-state index contributed by atoms with van der Waals surface area (Å²) in [4.78, 5) is 29.2. The number of piperidine rings is 1. The minimum Gasteiger partial charge on any atom is -0.348 e. The SMILES string of the molecule is Cc1ccsc1C(=O)NC1CCN(C(=O)N2CCCC2)CC1. The van der Waals surface area contributed by atoms with Crippen LogP contribution in [0.2, 0.25) is 0 Å². The molecule has 3 amide bonds. The van der Waals surface area contributed by atoms with E-state index in [0.717, 1.165) is 62.3 Å². The normalized spacial score (nSPS) is 19.5. The number of hydrogen-bond acceptors (Lipinski definition) is 3. The molecule has 0 atom stereocenters. The Labute approximate surface area is 135 Å². The van der Waals surface area contributed by atoms with E-state index in [9.17, 15) is 9.59 Å². The van der Waals surface area contributed by atoms with Crippen LogP contribution in [-0.4, -0.2) is 54.0 Å². The molecular weight excluding hydrogens is 298 g/mol. The van der Waals surface area contributed by atoms with Gasteiger partial charge in [-0.2, -0.15) is 0 Å². The van der Waals surface area contributed by atoms with Gasteiger partial charge in [0.25, 0.3) is 5.91 Å². The van der Waals surface area contributed by atoms with Crippen molar-refractivity contribution < 1.29 is 9.59 Å². The second-order valence-corrected chi connectivity index (χ2v) is 7.06. The number of nitrogens with one attached hydrogen (secondary N) is 1. The molecule has 6 heteroatoms. The van der Waals surface area contributed by atoms with Crippen LogP contribution in [-0.2, 0) is 0 Å². The summed E-state index contributed by atoms with van der Waals surface area (Å²) >= 11 is 1.49. The largest absolute Gasteiger partial charge is 0.348 e. The highest BCUT2D eigenvalue weighted by molar-refractivity contribution is 7.12. The number of rotatable bonds is 2. The Kier molecular flexibility index (Phi) is 4.66. The summed E-state index contributed by atoms with van der Waals surface area (Å²) in [6.45, 7) is 5.23. The van der Waals surface area contributed by atoms with Crippen LogP contribution in [0.1, 0.15) is 40.9 Å². The van der Waals surface area contributed by atoms with E-state index in [4.69, 9.17) is 0 Å². The average Bonchev–Trinajstić information content (AvgIpc) is 3.18. The second kappa shape index (κ2) is 6.69. The van der Waals surface area contributed by atoms with Gasteiger partial charge in [0.15, 0.2) is 0 Å². The molecule has 1 aromatic rings. The van der Waals surface area contributed by atoms with Crippen molar-refractivity contribution in [2.75, 3.05) is 26.2 Å². The van der Waals surface area contributed by atoms with Crippen molar-refractivity contribution >= 4 is 23.3 Å². The number of hydrogen-bond donors (Lipinski definition) is 1. The van der Waals surface area contributed by atoms with Gasteiger partial charge >= 0.3 is 6.03 Å². The molecule has 2 fully saturated rings. The van der Waals surface area contributed by atoms with Crippen molar-refractivity contribution in [2.45, 2.75) is 38.6 Å². The topological polar surface area (TPSA) is 52.7 Å². The third kappa shape index (κ3) is 3.27. The Morgan fingerprint density at radius 1 is 1.14 bits per heavy atom. The fourth-order valence-corrected chi connectivity index (χ4v) is 4.01. The van der Waals surface area contributed by atoms with Gasteiger partial charge in [-0.1, -0.05) is 0 Å². The highest BCUT2D eigenvalue weighted by atomic mass is 32.1. The molecule has 0 saturated carbocycles. The molecule has 1 aromatic heterocycles. The van der Waals surface area contributed by atoms with Crippen LogP contribution in [0.4, 0.5) is 4.79 Å². The van der Waals surface area contributed by atoms with Crippen molar-refractivity contribution in [1.82, 2.24) is 15.1 Å². The van der Waals surface area contributed by atoms with Gasteiger partial charge in [0.1, 0.15) is 0 Å². The van der Waals surface area contributed by atoms with Gasteiger partial charge in [0.2, 0.25) is 0 Å². The maximum absolute atomic E-state index is 12.3. The molecule has 2 aliphatic rings. The van der Waals surface area contributed by atoms with Crippen LogP contribution in [0.3, 0.4) is 0 Å². The summed E-state index contributed by atoms with van der Waals surface area (Å²) in [7, 11) is 0. The molecule has 5 nitrogen and oxygen atoms in total. The Morgan fingerprint density at radius 2 is 1.77 bits per heavy atom. The van der Waals surface area contributed by atoms with Gasteiger partial charge in [0.05, 0.1) is 4.88 Å². The van der Waals surface area contributed by atoms with Crippen molar-refractivity contribution in [1.29, 1.82) is 0 Å². The van der Waals surface area contributed by atoms with Gasteiger partial charge in [-0.05, 0) is 49.6 Å². The third-order valence-corrected chi connectivity index (χ3v) is 5.56. The lowest BCUT2D eigenvalue weighted by molar-refractivity contribution is 0.0916. The summed E-state index contributed by atoms with van der Waals surface area (Å²) in [5.41, 5.74) is 1.03. The van der Waals surface area contributed by atoms with Gasteiger partial charge in [-0.25, -0.2) is 4.79 Å². The molecule has 0 aliphatic carbocycles. The van der Waals surface area contributed by atoms with Crippen LogP contribution in [0.5, 0.6) is 0 Å². The molecule has 0 spiro atoms. The van der Waals surface area contributed by atoms with Crippen molar-refractivity contribution in [3.05, 3.63) is 21.9 Å². The van der Waals surface area contributed by atoms with Crippen molar-refractivity contribution in [3.63, 3.8) is 0 Å². The quantitative estimate of drug-likeness (QED) is 0.910. The van der Waals surface area contributed by atoms with Gasteiger partial charge < -0.3 is 15.1 Å². The molecule has 0 unspecified atom stereocenters. The number of likely N-dealkylation sites (tertiary alicyclic amines) is 2. The molecule has 2 aliphatic heterocycles. The van der Waals surface area contributed by atoms with E-state index in [2.05, 4.69) is 5.32 Å². The van der Waals surface area contributed by atoms with E-state index >= 15 is 0 Å². The van der Waals surface area contributed by atoms with E-state index in [0.29, 0.717) is 0 Å². The predicted molar refractivity (Wildman–Crippen MR) is 87.3 cm³/mol. The first-order valence-electron chi connectivity index (χ1n) is 8.04. The zero-order valence-corrected chi connectivity index (χ0v) is 13.8. The van der Waals surface area contributed by atoms with E-state index in [1.54, 1.807) is 0 Å². The molecule has 22 heavy (non-hydrogen) atoms. The van der Waals surface area contributed by atoms with Gasteiger partial charge in [-0.3, -0.25) is 4.79 Å². The number of thiophene rings is 1. The first-order chi connectivity index (χ1) is 10.6. The molecular formula is C16H23N3O2S. The minimum absolute atomic E-state index is 0.0248. The maximum atomic E-state index is 12.3. The fourth-order valence-electron chi connectivity index (χ4n) is 3.18. The Hall–Kier alpha value is -1.56. The lowest BCUT2D eigenvalue weighted by Gasteiger charge is -2.34. The highest BCUT2D eigenvalue weighted by Gasteiger charge is 2.28. The second-order valence-electron chi connectivity index (χ2n) is 6.14. The van der Waals surface area contributed by atoms with Gasteiger partial charge in [-0.15, -0.1) is 11.3 Å². The summed E-state index contributed by atoms with van der Waals surface area (Å²) in [6, 6.07) is 2.32. The number of carbonyl (C=O) groups excluding carboxylic acids is 2. The molecule has 3 rings (SSSR count). The molecule has 3 heterocycles. The zero-order chi connectivity index (χ0) is 15.5. The van der Waals surface area contributed by atoms with Crippen LogP contribution in [0, 0.1) is 6.92 Å². The fraction of sp³-hybridized carbons (Fsp3) is 0.625. The molecule has 0 radical (unpaired) electrons. The first kappa shape index (κ1) is 15.3.